The summed E-state index contributed by atoms with van der Waals surface area (Å²) in [6.45, 7) is 2.20. The molecule has 21 heavy (non-hydrogen) atoms. The van der Waals surface area contributed by atoms with E-state index < -0.39 is 0 Å². The summed E-state index contributed by atoms with van der Waals surface area (Å²) >= 11 is 1.85. The van der Waals surface area contributed by atoms with Crippen LogP contribution in [0, 0.1) is 14.0 Å². The Morgan fingerprint density at radius 3 is 2.43 bits per heavy atom. The minimum absolute atomic E-state index is 1.20. The molecule has 0 saturated carbocycles. The van der Waals surface area contributed by atoms with Crippen LogP contribution in [0.3, 0.4) is 0 Å². The van der Waals surface area contributed by atoms with Crippen LogP contribution in [-0.4, -0.2) is 0 Å². The molecule has 2 aromatic carbocycles. The van der Waals surface area contributed by atoms with Crippen molar-refractivity contribution in [3.63, 3.8) is 0 Å². The lowest BCUT2D eigenvalue weighted by molar-refractivity contribution is -0.599. The lowest BCUT2D eigenvalue weighted by Crippen LogP contribution is -2.27. The SMILES string of the molecule is [CH2-][n+]1ccc2ccccc2c1-c1sc2ccccc2c1C. The highest BCUT2D eigenvalue weighted by atomic mass is 32.1. The van der Waals surface area contributed by atoms with E-state index in [-0.39, 0.29) is 0 Å². The van der Waals surface area contributed by atoms with Gasteiger partial charge in [0.2, 0.25) is 0 Å². The minimum Gasteiger partial charge on any atom is -0.332 e. The van der Waals surface area contributed by atoms with E-state index in [0.29, 0.717) is 0 Å². The summed E-state index contributed by atoms with van der Waals surface area (Å²) in [7, 11) is 4.18. The van der Waals surface area contributed by atoms with E-state index >= 15 is 0 Å². The minimum atomic E-state index is 1.20. The summed E-state index contributed by atoms with van der Waals surface area (Å²) in [5.41, 5.74) is 2.54. The van der Waals surface area contributed by atoms with Crippen molar-refractivity contribution >= 4 is 32.2 Å². The first kappa shape index (κ1) is 12.4. The summed E-state index contributed by atoms with van der Waals surface area (Å²) in [6, 6.07) is 19.2. The van der Waals surface area contributed by atoms with Crippen LogP contribution in [0.1, 0.15) is 5.56 Å². The molecule has 0 aliphatic heterocycles. The Kier molecular flexibility index (Phi) is 2.72. The Morgan fingerprint density at radius 1 is 0.905 bits per heavy atom. The van der Waals surface area contributed by atoms with E-state index in [1.54, 1.807) is 0 Å². The van der Waals surface area contributed by atoms with Crippen LogP contribution in [0.25, 0.3) is 31.4 Å². The molecule has 0 atom stereocenters. The van der Waals surface area contributed by atoms with E-state index in [1.807, 2.05) is 22.1 Å². The molecule has 0 unspecified atom stereocenters. The van der Waals surface area contributed by atoms with E-state index in [4.69, 9.17) is 0 Å². The molecule has 2 heterocycles. The Bertz CT molecular complexity index is 966. The number of fused-ring (bicyclic) bond motifs is 2. The van der Waals surface area contributed by atoms with Crippen LogP contribution in [0.2, 0.25) is 0 Å². The largest absolute Gasteiger partial charge is 0.332 e. The first-order chi connectivity index (χ1) is 10.3. The van der Waals surface area contributed by atoms with Crippen molar-refractivity contribution in [1.82, 2.24) is 0 Å². The van der Waals surface area contributed by atoms with E-state index in [2.05, 4.69) is 68.6 Å². The van der Waals surface area contributed by atoms with Crippen molar-refractivity contribution < 1.29 is 4.57 Å². The van der Waals surface area contributed by atoms with Crippen molar-refractivity contribution in [3.8, 4) is 10.6 Å². The molecule has 0 radical (unpaired) electrons. The van der Waals surface area contributed by atoms with Crippen molar-refractivity contribution in [2.75, 3.05) is 0 Å². The standard InChI is InChI=1S/C19H15NS/c1-13-15-8-5-6-10-17(15)21-19(13)18-16-9-4-3-7-14(16)11-12-20(18)2/h3-12H,2H2,1H3. The zero-order valence-corrected chi connectivity index (χ0v) is 12.7. The van der Waals surface area contributed by atoms with Gasteiger partial charge in [-0.2, -0.15) is 0 Å². The van der Waals surface area contributed by atoms with Crippen LogP contribution in [-0.2, 0) is 0 Å². The van der Waals surface area contributed by atoms with Crippen molar-refractivity contribution in [2.24, 2.45) is 0 Å². The third kappa shape index (κ3) is 1.83. The van der Waals surface area contributed by atoms with Crippen LogP contribution in [0.5, 0.6) is 0 Å². The van der Waals surface area contributed by atoms with E-state index in [9.17, 15) is 0 Å². The molecular weight excluding hydrogens is 274 g/mol. The normalized spacial score (nSPS) is 11.3. The molecule has 0 aliphatic rings. The number of thiophene rings is 1. The van der Waals surface area contributed by atoms with E-state index in [1.165, 1.54) is 37.0 Å². The number of pyridine rings is 1. The fourth-order valence-electron chi connectivity index (χ4n) is 2.91. The first-order valence-corrected chi connectivity index (χ1v) is 7.80. The number of aromatic nitrogens is 1. The van der Waals surface area contributed by atoms with Crippen LogP contribution >= 0.6 is 11.3 Å². The number of benzene rings is 2. The molecule has 0 aliphatic carbocycles. The maximum absolute atomic E-state index is 4.18. The van der Waals surface area contributed by atoms with Gasteiger partial charge in [-0.25, -0.2) is 0 Å². The number of hydrogen-bond donors (Lipinski definition) is 0. The molecule has 0 amide bonds. The van der Waals surface area contributed by atoms with Gasteiger partial charge in [0.25, 0.3) is 0 Å². The highest BCUT2D eigenvalue weighted by Gasteiger charge is 2.15. The highest BCUT2D eigenvalue weighted by Crippen LogP contribution is 2.38. The van der Waals surface area contributed by atoms with E-state index in [0.717, 1.165) is 0 Å². The molecule has 2 aromatic heterocycles. The fraction of sp³-hybridized carbons (Fsp3) is 0.0526. The Morgan fingerprint density at radius 2 is 1.62 bits per heavy atom. The molecule has 0 saturated heterocycles. The second-order valence-corrected chi connectivity index (χ2v) is 6.33. The van der Waals surface area contributed by atoms with Gasteiger partial charge in [-0.3, -0.25) is 0 Å². The fourth-order valence-corrected chi connectivity index (χ4v) is 4.20. The van der Waals surface area contributed by atoms with Gasteiger partial charge in [0.1, 0.15) is 5.69 Å². The van der Waals surface area contributed by atoms with Gasteiger partial charge in [0, 0.05) is 16.6 Å². The quantitative estimate of drug-likeness (QED) is 0.344. The number of rotatable bonds is 1. The van der Waals surface area contributed by atoms with Gasteiger partial charge in [-0.05, 0) is 40.8 Å². The maximum atomic E-state index is 4.18. The summed E-state index contributed by atoms with van der Waals surface area (Å²) in [4.78, 5) is 1.31. The molecule has 102 valence electrons. The van der Waals surface area contributed by atoms with Crippen molar-refractivity contribution in [1.29, 1.82) is 0 Å². The van der Waals surface area contributed by atoms with Crippen molar-refractivity contribution in [3.05, 3.63) is 73.4 Å². The summed E-state index contributed by atoms with van der Waals surface area (Å²) < 4.78 is 3.32. The Hall–Kier alpha value is -2.32. The molecule has 4 rings (SSSR count). The first-order valence-electron chi connectivity index (χ1n) is 6.98. The van der Waals surface area contributed by atoms with Crippen LogP contribution < -0.4 is 4.57 Å². The second kappa shape index (κ2) is 4.61. The topological polar surface area (TPSA) is 3.88 Å². The van der Waals surface area contributed by atoms with Gasteiger partial charge in [-0.1, -0.05) is 42.5 Å². The second-order valence-electron chi connectivity index (χ2n) is 5.27. The predicted octanol–water partition coefficient (Wildman–Crippen LogP) is 4.96. The average molecular weight is 289 g/mol. The van der Waals surface area contributed by atoms with Crippen molar-refractivity contribution in [2.45, 2.75) is 6.92 Å². The Balaban J connectivity index is 2.13. The zero-order chi connectivity index (χ0) is 14.4. The predicted molar refractivity (Wildman–Crippen MR) is 90.5 cm³/mol. The van der Waals surface area contributed by atoms with Crippen LogP contribution in [0.4, 0.5) is 0 Å². The van der Waals surface area contributed by atoms with Gasteiger partial charge >= 0.3 is 0 Å². The summed E-state index contributed by atoms with van der Waals surface area (Å²) in [5.74, 6) is 0. The van der Waals surface area contributed by atoms with Gasteiger partial charge < -0.3 is 4.57 Å². The molecule has 1 nitrogen and oxygen atoms in total. The molecule has 4 aromatic rings. The number of aryl methyl sites for hydroxylation is 1. The smallest absolute Gasteiger partial charge is 0.130 e. The molecule has 2 heteroatoms. The molecular formula is C19H15NS. The van der Waals surface area contributed by atoms with Gasteiger partial charge in [0.15, 0.2) is 0 Å². The Labute approximate surface area is 128 Å². The van der Waals surface area contributed by atoms with Crippen LogP contribution in [0.15, 0.2) is 60.8 Å². The highest BCUT2D eigenvalue weighted by molar-refractivity contribution is 7.22. The number of hydrogen-bond acceptors (Lipinski definition) is 1. The summed E-state index contributed by atoms with van der Waals surface area (Å²) in [6.07, 6.45) is 2.04. The maximum Gasteiger partial charge on any atom is 0.130 e. The molecule has 0 spiro atoms. The lowest BCUT2D eigenvalue weighted by Gasteiger charge is -2.10. The zero-order valence-electron chi connectivity index (χ0n) is 11.8. The van der Waals surface area contributed by atoms with Gasteiger partial charge in [-0.15, -0.1) is 11.3 Å². The molecule has 0 fully saturated rings. The van der Waals surface area contributed by atoms with Gasteiger partial charge in [0.05, 0.1) is 6.20 Å². The third-order valence-corrected chi connectivity index (χ3v) is 5.28. The average Bonchev–Trinajstić information content (AvgIpc) is 2.84. The molecule has 0 N–H and O–H groups in total. The third-order valence-electron chi connectivity index (χ3n) is 4.00. The molecule has 0 bridgehead atoms. The monoisotopic (exact) mass is 289 g/mol. The lowest BCUT2D eigenvalue weighted by atomic mass is 10.1. The number of nitrogens with zero attached hydrogens (tertiary/aromatic N) is 1. The summed E-state index contributed by atoms with van der Waals surface area (Å²) in [5, 5.41) is 3.85.